The molecule has 2 fully saturated rings. The molecule has 188 valence electrons. The molecule has 2 aliphatic heterocycles. The number of nitrogens with two attached hydrogens (primary N) is 1. The summed E-state index contributed by atoms with van der Waals surface area (Å²) < 4.78 is 41.7. The first-order chi connectivity index (χ1) is 16.5. The van der Waals surface area contributed by atoms with Crippen molar-refractivity contribution in [3.63, 3.8) is 0 Å². The smallest absolute Gasteiger partial charge is 0.277 e. The SMILES string of the molecule is NS(=O)(=O)N1CCO[C@H](COc2nc(-c3ccc(C4CCOCC4)cc3)cc3nccnc23)C1.S. The Kier molecular flexibility index (Phi) is 8.19. The molecule has 0 bridgehead atoms. The number of aromatic nitrogens is 3. The number of fused-ring (bicyclic) bond motifs is 1. The Morgan fingerprint density at radius 2 is 1.83 bits per heavy atom. The minimum absolute atomic E-state index is 0. The van der Waals surface area contributed by atoms with Crippen molar-refractivity contribution < 1.29 is 22.6 Å². The van der Waals surface area contributed by atoms with Gasteiger partial charge in [-0.05, 0) is 30.4 Å². The van der Waals surface area contributed by atoms with Crippen molar-refractivity contribution >= 4 is 34.7 Å². The number of hydrogen-bond acceptors (Lipinski definition) is 8. The summed E-state index contributed by atoms with van der Waals surface area (Å²) in [4.78, 5) is 13.5. The molecule has 2 aliphatic rings. The van der Waals surface area contributed by atoms with E-state index in [0.717, 1.165) is 37.3 Å². The lowest BCUT2D eigenvalue weighted by Gasteiger charge is -2.30. The molecule has 1 aromatic carbocycles. The molecule has 3 aromatic rings. The number of pyridine rings is 1. The van der Waals surface area contributed by atoms with Crippen LogP contribution in [0.4, 0.5) is 0 Å². The van der Waals surface area contributed by atoms with Gasteiger partial charge in [-0.25, -0.2) is 15.1 Å². The van der Waals surface area contributed by atoms with Crippen LogP contribution in [0.3, 0.4) is 0 Å². The molecule has 1 atom stereocenters. The third-order valence-corrected chi connectivity index (χ3v) is 7.24. The molecule has 0 spiro atoms. The third kappa shape index (κ3) is 6.08. The number of ether oxygens (including phenoxy) is 3. The summed E-state index contributed by atoms with van der Waals surface area (Å²) in [5.41, 5.74) is 4.16. The second-order valence-electron chi connectivity index (χ2n) is 8.45. The van der Waals surface area contributed by atoms with Gasteiger partial charge in [0.15, 0.2) is 5.52 Å². The molecule has 0 amide bonds. The second kappa shape index (κ2) is 11.1. The van der Waals surface area contributed by atoms with E-state index in [1.807, 2.05) is 6.07 Å². The first kappa shape index (κ1) is 25.7. The monoisotopic (exact) mass is 519 g/mol. The van der Waals surface area contributed by atoms with Crippen molar-refractivity contribution in [2.24, 2.45) is 5.14 Å². The molecule has 5 rings (SSSR count). The van der Waals surface area contributed by atoms with Gasteiger partial charge in [0.2, 0.25) is 5.88 Å². The quantitative estimate of drug-likeness (QED) is 0.523. The Balaban J connectivity index is 0.00000289. The van der Waals surface area contributed by atoms with Gasteiger partial charge < -0.3 is 14.2 Å². The van der Waals surface area contributed by atoms with Crippen molar-refractivity contribution in [1.82, 2.24) is 19.3 Å². The van der Waals surface area contributed by atoms with Crippen LogP contribution >= 0.6 is 13.5 Å². The van der Waals surface area contributed by atoms with Crippen LogP contribution in [-0.4, -0.2) is 73.3 Å². The Morgan fingerprint density at radius 1 is 1.09 bits per heavy atom. The summed E-state index contributed by atoms with van der Waals surface area (Å²) >= 11 is 0. The van der Waals surface area contributed by atoms with Gasteiger partial charge in [0.25, 0.3) is 10.2 Å². The van der Waals surface area contributed by atoms with Crippen molar-refractivity contribution in [1.29, 1.82) is 0 Å². The van der Waals surface area contributed by atoms with Gasteiger partial charge in [0.05, 0.1) is 17.8 Å². The highest BCUT2D eigenvalue weighted by atomic mass is 32.2. The average Bonchev–Trinajstić information content (AvgIpc) is 2.87. The van der Waals surface area contributed by atoms with Gasteiger partial charge in [0.1, 0.15) is 12.7 Å². The van der Waals surface area contributed by atoms with E-state index in [1.54, 1.807) is 12.4 Å². The summed E-state index contributed by atoms with van der Waals surface area (Å²) in [6, 6.07) is 10.3. The van der Waals surface area contributed by atoms with Gasteiger partial charge in [-0.2, -0.15) is 26.2 Å². The zero-order valence-electron chi connectivity index (χ0n) is 19.2. The Hall–Kier alpha value is -2.35. The number of hydrogen-bond donors (Lipinski definition) is 1. The maximum Gasteiger partial charge on any atom is 0.277 e. The lowest BCUT2D eigenvalue weighted by Crippen LogP contribution is -2.49. The van der Waals surface area contributed by atoms with Gasteiger partial charge in [-0.1, -0.05) is 24.3 Å². The molecular weight excluding hydrogens is 490 g/mol. The van der Waals surface area contributed by atoms with Crippen LogP contribution in [0.1, 0.15) is 24.3 Å². The Bertz CT molecular complexity index is 1250. The number of rotatable bonds is 6. The molecule has 0 radical (unpaired) electrons. The molecule has 35 heavy (non-hydrogen) atoms. The van der Waals surface area contributed by atoms with Crippen molar-refractivity contribution in [3.05, 3.63) is 48.3 Å². The minimum atomic E-state index is -3.78. The average molecular weight is 520 g/mol. The van der Waals surface area contributed by atoms with E-state index in [-0.39, 0.29) is 39.8 Å². The van der Waals surface area contributed by atoms with Crippen molar-refractivity contribution in [2.75, 3.05) is 39.5 Å². The highest BCUT2D eigenvalue weighted by Crippen LogP contribution is 2.31. The summed E-state index contributed by atoms with van der Waals surface area (Å²) in [7, 11) is -3.78. The van der Waals surface area contributed by atoms with E-state index in [0.29, 0.717) is 22.8 Å². The molecule has 0 saturated carbocycles. The molecule has 10 nitrogen and oxygen atoms in total. The number of nitrogens with zero attached hydrogens (tertiary/aromatic N) is 4. The van der Waals surface area contributed by atoms with Crippen molar-refractivity contribution in [2.45, 2.75) is 24.9 Å². The fourth-order valence-electron chi connectivity index (χ4n) is 4.34. The van der Waals surface area contributed by atoms with Crippen LogP contribution in [0.25, 0.3) is 22.3 Å². The summed E-state index contributed by atoms with van der Waals surface area (Å²) in [6.07, 6.45) is 4.81. The van der Waals surface area contributed by atoms with Crippen molar-refractivity contribution in [3.8, 4) is 17.1 Å². The molecular formula is C23H29N5O5S2. The maximum absolute atomic E-state index is 11.7. The molecule has 0 unspecified atom stereocenters. The van der Waals surface area contributed by atoms with Crippen LogP contribution in [0, 0.1) is 0 Å². The van der Waals surface area contributed by atoms with E-state index in [9.17, 15) is 8.42 Å². The van der Waals surface area contributed by atoms with Gasteiger partial charge in [0, 0.05) is 44.3 Å². The molecule has 12 heteroatoms. The largest absolute Gasteiger partial charge is 0.473 e. The lowest BCUT2D eigenvalue weighted by atomic mass is 9.91. The first-order valence-electron chi connectivity index (χ1n) is 11.3. The zero-order chi connectivity index (χ0) is 23.5. The van der Waals surface area contributed by atoms with Gasteiger partial charge >= 0.3 is 0 Å². The van der Waals surface area contributed by atoms with E-state index in [4.69, 9.17) is 24.3 Å². The Morgan fingerprint density at radius 3 is 2.57 bits per heavy atom. The lowest BCUT2D eigenvalue weighted by molar-refractivity contribution is -0.0254. The normalized spacial score (nSPS) is 19.9. The highest BCUT2D eigenvalue weighted by Gasteiger charge is 2.28. The van der Waals surface area contributed by atoms with E-state index >= 15 is 0 Å². The summed E-state index contributed by atoms with van der Waals surface area (Å²) in [6.45, 7) is 2.31. The van der Waals surface area contributed by atoms with Gasteiger partial charge in [-0.3, -0.25) is 4.98 Å². The third-order valence-electron chi connectivity index (χ3n) is 6.19. The van der Waals surface area contributed by atoms with Gasteiger partial charge in [-0.15, -0.1) is 0 Å². The van der Waals surface area contributed by atoms with E-state index in [2.05, 4.69) is 34.2 Å². The van der Waals surface area contributed by atoms with Crippen LogP contribution in [0.15, 0.2) is 42.7 Å². The summed E-state index contributed by atoms with van der Waals surface area (Å²) in [5, 5.41) is 5.26. The maximum atomic E-state index is 11.7. The highest BCUT2D eigenvalue weighted by molar-refractivity contribution is 7.86. The molecule has 4 heterocycles. The molecule has 2 aromatic heterocycles. The van der Waals surface area contributed by atoms with Crippen LogP contribution < -0.4 is 9.88 Å². The number of morpholine rings is 1. The van der Waals surface area contributed by atoms with Crippen LogP contribution in [0.5, 0.6) is 5.88 Å². The zero-order valence-corrected chi connectivity index (χ0v) is 21.0. The minimum Gasteiger partial charge on any atom is -0.473 e. The van der Waals surface area contributed by atoms with Crippen LogP contribution in [-0.2, 0) is 19.7 Å². The standard InChI is InChI=1S/C23H27N5O5S.H2S/c24-34(29,30)28-9-12-32-19(14-28)15-33-23-22-21(25-7-8-26-22)13-20(27-23)18-3-1-16(2-4-18)17-5-10-31-11-6-17;/h1-4,7-8,13,17,19H,5-6,9-12,14-15H2,(H2,24,29,30);1H2/t19-;/m0./s1. The molecule has 0 aliphatic carbocycles. The molecule has 2 N–H and O–H groups in total. The fourth-order valence-corrected chi connectivity index (χ4v) is 5.05. The predicted molar refractivity (Wildman–Crippen MR) is 136 cm³/mol. The second-order valence-corrected chi connectivity index (χ2v) is 10.00. The fraction of sp³-hybridized carbons (Fsp3) is 0.435. The number of benzene rings is 1. The molecule has 2 saturated heterocycles. The van der Waals surface area contributed by atoms with E-state index < -0.39 is 16.3 Å². The van der Waals surface area contributed by atoms with Crippen LogP contribution in [0.2, 0.25) is 0 Å². The predicted octanol–water partition coefficient (Wildman–Crippen LogP) is 1.98. The first-order valence-corrected chi connectivity index (χ1v) is 12.8. The summed E-state index contributed by atoms with van der Waals surface area (Å²) in [5.74, 6) is 0.843. The van der Waals surface area contributed by atoms with E-state index in [1.165, 1.54) is 9.87 Å². The topological polar surface area (TPSA) is 130 Å². The Labute approximate surface area is 211 Å².